The van der Waals surface area contributed by atoms with Gasteiger partial charge in [0.25, 0.3) is 5.91 Å². The number of rotatable bonds is 5. The van der Waals surface area contributed by atoms with Gasteiger partial charge in [-0.15, -0.1) is 0 Å². The fraction of sp³-hybridized carbons (Fsp3) is 0.200. The molecule has 1 heterocycles. The number of aromatic nitrogens is 2. The second kappa shape index (κ2) is 8.24. The fourth-order valence-electron chi connectivity index (χ4n) is 2.81. The Bertz CT molecular complexity index is 1030. The lowest BCUT2D eigenvalue weighted by Gasteiger charge is -2.10. The zero-order valence-corrected chi connectivity index (χ0v) is 16.0. The van der Waals surface area contributed by atoms with E-state index < -0.39 is 17.6 Å². The summed E-state index contributed by atoms with van der Waals surface area (Å²) in [5, 5.41) is 6.89. The molecule has 0 aliphatic carbocycles. The fourth-order valence-corrected chi connectivity index (χ4v) is 3.13. The van der Waals surface area contributed by atoms with Crippen LogP contribution in [0.15, 0.2) is 48.5 Å². The number of hydrogen-bond acceptors (Lipinski definition) is 2. The van der Waals surface area contributed by atoms with Gasteiger partial charge in [-0.05, 0) is 42.3 Å². The van der Waals surface area contributed by atoms with Gasteiger partial charge in [0.1, 0.15) is 11.0 Å². The quantitative estimate of drug-likeness (QED) is 0.586. The first-order valence-electron chi connectivity index (χ1n) is 8.57. The zero-order chi connectivity index (χ0) is 21.2. The van der Waals surface area contributed by atoms with Crippen molar-refractivity contribution in [2.45, 2.75) is 26.2 Å². The van der Waals surface area contributed by atoms with Crippen molar-refractivity contribution < 1.29 is 22.4 Å². The van der Waals surface area contributed by atoms with Gasteiger partial charge in [0.2, 0.25) is 0 Å². The Morgan fingerprint density at radius 3 is 2.48 bits per heavy atom. The maximum atomic E-state index is 13.0. The van der Waals surface area contributed by atoms with Crippen LogP contribution in [0, 0.1) is 12.7 Å². The lowest BCUT2D eigenvalue weighted by Crippen LogP contribution is -2.23. The molecule has 0 fully saturated rings. The van der Waals surface area contributed by atoms with Gasteiger partial charge in [-0.3, -0.25) is 4.79 Å². The van der Waals surface area contributed by atoms with E-state index in [0.717, 1.165) is 17.7 Å². The van der Waals surface area contributed by atoms with Gasteiger partial charge >= 0.3 is 6.18 Å². The molecule has 0 bridgehead atoms. The monoisotopic (exact) mass is 425 g/mol. The Labute approximate surface area is 169 Å². The number of carbonyl (C=O) groups is 1. The molecule has 1 amide bonds. The van der Waals surface area contributed by atoms with Crippen LogP contribution in [0.5, 0.6) is 0 Å². The first kappa shape index (κ1) is 20.9. The van der Waals surface area contributed by atoms with Gasteiger partial charge in [-0.2, -0.15) is 18.3 Å². The lowest BCUT2D eigenvalue weighted by molar-refractivity contribution is -0.137. The molecule has 9 heteroatoms. The molecule has 0 saturated heterocycles. The van der Waals surface area contributed by atoms with E-state index >= 15 is 0 Å². The summed E-state index contributed by atoms with van der Waals surface area (Å²) >= 11 is 6.29. The highest BCUT2D eigenvalue weighted by atomic mass is 35.5. The van der Waals surface area contributed by atoms with Crippen molar-refractivity contribution in [2.24, 2.45) is 0 Å². The van der Waals surface area contributed by atoms with Crippen LogP contribution < -0.4 is 5.32 Å². The highest BCUT2D eigenvalue weighted by Gasteiger charge is 2.30. The van der Waals surface area contributed by atoms with Crippen LogP contribution >= 0.6 is 11.6 Å². The van der Waals surface area contributed by atoms with E-state index in [0.29, 0.717) is 11.3 Å². The first-order chi connectivity index (χ1) is 13.6. The summed E-state index contributed by atoms with van der Waals surface area (Å²) in [7, 11) is 0. The van der Waals surface area contributed by atoms with Gasteiger partial charge in [0, 0.05) is 6.54 Å². The topological polar surface area (TPSA) is 46.9 Å². The number of alkyl halides is 3. The van der Waals surface area contributed by atoms with E-state index in [1.54, 1.807) is 19.1 Å². The second-order valence-corrected chi connectivity index (χ2v) is 6.77. The molecule has 0 aliphatic rings. The van der Waals surface area contributed by atoms with E-state index in [9.17, 15) is 22.4 Å². The van der Waals surface area contributed by atoms with Crippen LogP contribution in [0.25, 0.3) is 0 Å². The standard InChI is InChI=1S/C20H16ClF4N3O/c1-12-17(18(21)28(27-12)11-13-5-7-16(22)8-6-13)19(29)26-10-14-3-2-4-15(9-14)20(23,24)25/h2-9H,10-11H2,1H3,(H,26,29). The molecule has 0 atom stereocenters. The molecule has 1 N–H and O–H groups in total. The lowest BCUT2D eigenvalue weighted by atomic mass is 10.1. The molecule has 152 valence electrons. The average Bonchev–Trinajstić information content (AvgIpc) is 2.94. The molecule has 0 spiro atoms. The van der Waals surface area contributed by atoms with Crippen molar-refractivity contribution >= 4 is 17.5 Å². The molecule has 0 radical (unpaired) electrons. The largest absolute Gasteiger partial charge is 0.416 e. The second-order valence-electron chi connectivity index (χ2n) is 6.42. The minimum atomic E-state index is -4.46. The zero-order valence-electron chi connectivity index (χ0n) is 15.2. The molecule has 3 rings (SSSR count). The highest BCUT2D eigenvalue weighted by molar-refractivity contribution is 6.33. The Morgan fingerprint density at radius 1 is 1.14 bits per heavy atom. The predicted molar refractivity (Wildman–Crippen MR) is 100 cm³/mol. The van der Waals surface area contributed by atoms with Crippen LogP contribution in [-0.4, -0.2) is 15.7 Å². The van der Waals surface area contributed by atoms with Gasteiger partial charge in [-0.1, -0.05) is 35.9 Å². The van der Waals surface area contributed by atoms with E-state index in [-0.39, 0.29) is 29.6 Å². The summed E-state index contributed by atoms with van der Waals surface area (Å²) in [6.07, 6.45) is -4.46. The van der Waals surface area contributed by atoms with Crippen molar-refractivity contribution in [2.75, 3.05) is 0 Å². The number of aryl methyl sites for hydroxylation is 1. The van der Waals surface area contributed by atoms with Crippen molar-refractivity contribution in [1.29, 1.82) is 0 Å². The maximum Gasteiger partial charge on any atom is 0.416 e. The first-order valence-corrected chi connectivity index (χ1v) is 8.94. The number of nitrogens with zero attached hydrogens (tertiary/aromatic N) is 2. The molecular formula is C20H16ClF4N3O. The Balaban J connectivity index is 1.73. The number of amides is 1. The number of halogens is 5. The van der Waals surface area contributed by atoms with Crippen LogP contribution in [0.4, 0.5) is 17.6 Å². The van der Waals surface area contributed by atoms with Crippen LogP contribution in [-0.2, 0) is 19.3 Å². The highest BCUT2D eigenvalue weighted by Crippen LogP contribution is 2.29. The molecule has 0 saturated carbocycles. The summed E-state index contributed by atoms with van der Waals surface area (Å²) < 4.78 is 52.9. The van der Waals surface area contributed by atoms with Crippen LogP contribution in [0.1, 0.15) is 32.7 Å². The van der Waals surface area contributed by atoms with Crippen molar-refractivity contribution in [3.05, 3.63) is 87.4 Å². The Morgan fingerprint density at radius 2 is 1.83 bits per heavy atom. The predicted octanol–water partition coefficient (Wildman–Crippen LogP) is 4.98. The molecule has 2 aromatic carbocycles. The minimum Gasteiger partial charge on any atom is -0.348 e. The number of nitrogens with one attached hydrogen (secondary N) is 1. The Kier molecular flexibility index (Phi) is 5.93. The average molecular weight is 426 g/mol. The molecule has 3 aromatic rings. The third-order valence-electron chi connectivity index (χ3n) is 4.25. The molecule has 4 nitrogen and oxygen atoms in total. The van der Waals surface area contributed by atoms with Crippen molar-refractivity contribution in [1.82, 2.24) is 15.1 Å². The molecule has 0 aliphatic heterocycles. The number of benzene rings is 2. The van der Waals surface area contributed by atoms with Gasteiger partial charge in [0.15, 0.2) is 0 Å². The van der Waals surface area contributed by atoms with Crippen molar-refractivity contribution in [3.8, 4) is 0 Å². The third-order valence-corrected chi connectivity index (χ3v) is 4.63. The maximum absolute atomic E-state index is 13.0. The van der Waals surface area contributed by atoms with Gasteiger partial charge in [0.05, 0.1) is 23.4 Å². The summed E-state index contributed by atoms with van der Waals surface area (Å²) in [6, 6.07) is 10.5. The number of hydrogen-bond donors (Lipinski definition) is 1. The Hall–Kier alpha value is -2.87. The normalized spacial score (nSPS) is 11.5. The van der Waals surface area contributed by atoms with E-state index in [4.69, 9.17) is 11.6 Å². The molecule has 29 heavy (non-hydrogen) atoms. The summed E-state index contributed by atoms with van der Waals surface area (Å²) in [5.74, 6) is -0.915. The molecular weight excluding hydrogens is 410 g/mol. The summed E-state index contributed by atoms with van der Waals surface area (Å²) in [5.41, 5.74) is 0.775. The van der Waals surface area contributed by atoms with E-state index in [1.165, 1.54) is 28.9 Å². The summed E-state index contributed by atoms with van der Waals surface area (Å²) in [4.78, 5) is 12.5. The molecule has 1 aromatic heterocycles. The SMILES string of the molecule is Cc1nn(Cc2ccc(F)cc2)c(Cl)c1C(=O)NCc1cccc(C(F)(F)F)c1. The molecule has 0 unspecified atom stereocenters. The van der Waals surface area contributed by atoms with Gasteiger partial charge in [-0.25, -0.2) is 9.07 Å². The third kappa shape index (κ3) is 4.95. The van der Waals surface area contributed by atoms with E-state index in [2.05, 4.69) is 10.4 Å². The number of carbonyl (C=O) groups excluding carboxylic acids is 1. The van der Waals surface area contributed by atoms with Crippen LogP contribution in [0.2, 0.25) is 5.15 Å². The van der Waals surface area contributed by atoms with Crippen molar-refractivity contribution in [3.63, 3.8) is 0 Å². The van der Waals surface area contributed by atoms with E-state index in [1.807, 2.05) is 0 Å². The van der Waals surface area contributed by atoms with Gasteiger partial charge < -0.3 is 5.32 Å². The smallest absolute Gasteiger partial charge is 0.348 e. The minimum absolute atomic E-state index is 0.0911. The van der Waals surface area contributed by atoms with Crippen LogP contribution in [0.3, 0.4) is 0 Å². The summed E-state index contributed by atoms with van der Waals surface area (Å²) in [6.45, 7) is 1.74.